The topological polar surface area (TPSA) is 59.3 Å². The highest BCUT2D eigenvalue weighted by Crippen LogP contribution is 2.43. The molecule has 0 spiro atoms. The number of hydrogen-bond donors (Lipinski definition) is 0. The van der Waals surface area contributed by atoms with Gasteiger partial charge >= 0.3 is 6.40 Å². The van der Waals surface area contributed by atoms with Gasteiger partial charge in [-0.25, -0.2) is 20.0 Å². The summed E-state index contributed by atoms with van der Waals surface area (Å²) in [6.07, 6.45) is -0.581. The Hall–Kier alpha value is -1.78. The predicted octanol–water partition coefficient (Wildman–Crippen LogP) is 5.77. The molecule has 0 fully saturated rings. The third-order valence-electron chi connectivity index (χ3n) is 6.62. The fraction of sp³-hybridized carbons (Fsp3) is 0. The molecule has 0 aliphatic carbocycles. The first-order valence-electron chi connectivity index (χ1n) is 10.7. The standard InChI is InChI=1S/C24H9BClI3N6/c26-25-34-21-11-5-2-9-15(29)18(11)24(34)33-22-12-6-3-8-14(28)17(12)23(35(22)25)32-20-16-10(19(30-20)31-21)4-1-7-13(16)27/h1-9H. The lowest BCUT2D eigenvalue weighted by Crippen LogP contribution is -2.45. The van der Waals surface area contributed by atoms with E-state index in [4.69, 9.17) is 31.4 Å². The normalized spacial score (nSPS) is 15.0. The van der Waals surface area contributed by atoms with Gasteiger partial charge in [-0.1, -0.05) is 36.4 Å². The fourth-order valence-electron chi connectivity index (χ4n) is 5.16. The maximum Gasteiger partial charge on any atom is 0.499 e. The number of halogens is 4. The molecule has 3 aliphatic rings. The van der Waals surface area contributed by atoms with E-state index in [-0.39, 0.29) is 0 Å². The number of nitrogens with zero attached hydrogens (tertiary/aromatic N) is 6. The Morgan fingerprint density at radius 2 is 1.34 bits per heavy atom. The van der Waals surface area contributed by atoms with E-state index in [9.17, 15) is 0 Å². The van der Waals surface area contributed by atoms with Crippen LogP contribution in [0.25, 0.3) is 21.5 Å². The van der Waals surface area contributed by atoms with Crippen LogP contribution in [0.4, 0.5) is 11.6 Å². The van der Waals surface area contributed by atoms with Gasteiger partial charge in [-0.3, -0.25) is 0 Å². The highest BCUT2D eigenvalue weighted by Gasteiger charge is 2.36. The van der Waals surface area contributed by atoms with Gasteiger partial charge in [0.2, 0.25) is 0 Å². The van der Waals surface area contributed by atoms with E-state index < -0.39 is 6.40 Å². The Morgan fingerprint density at radius 3 is 2.17 bits per heavy atom. The highest BCUT2D eigenvalue weighted by molar-refractivity contribution is 14.1. The van der Waals surface area contributed by atoms with E-state index in [0.29, 0.717) is 11.7 Å². The van der Waals surface area contributed by atoms with Crippen LogP contribution in [-0.2, 0) is 0 Å². The summed E-state index contributed by atoms with van der Waals surface area (Å²) in [6.45, 7) is 0. The molecule has 5 aromatic rings. The molecule has 0 atom stereocenters. The molecule has 35 heavy (non-hydrogen) atoms. The maximum absolute atomic E-state index is 7.32. The Labute approximate surface area is 244 Å². The summed E-state index contributed by atoms with van der Waals surface area (Å²) in [7, 11) is 0. The van der Waals surface area contributed by atoms with Gasteiger partial charge in [-0.15, -0.1) is 11.5 Å². The van der Waals surface area contributed by atoms with Crippen LogP contribution in [0, 0.1) is 10.7 Å². The summed E-state index contributed by atoms with van der Waals surface area (Å²) >= 11 is 14.4. The van der Waals surface area contributed by atoms with Gasteiger partial charge in [0.1, 0.15) is 22.6 Å². The molecule has 6 nitrogen and oxygen atoms in total. The zero-order valence-electron chi connectivity index (χ0n) is 17.5. The van der Waals surface area contributed by atoms with E-state index in [1.807, 2.05) is 21.1 Å². The Kier molecular flexibility index (Phi) is 4.50. The van der Waals surface area contributed by atoms with Crippen molar-refractivity contribution < 1.29 is 0 Å². The number of fused-ring (bicyclic) bond motifs is 10. The third kappa shape index (κ3) is 2.71. The Balaban J connectivity index is 1.70. The molecule has 2 aromatic heterocycles. The summed E-state index contributed by atoms with van der Waals surface area (Å²) in [6, 6.07) is 18.7. The van der Waals surface area contributed by atoms with Crippen LogP contribution in [0.1, 0.15) is 11.1 Å². The third-order valence-corrected chi connectivity index (χ3v) is 9.71. The van der Waals surface area contributed by atoms with Crippen LogP contribution < -0.4 is 11.0 Å². The van der Waals surface area contributed by atoms with Gasteiger partial charge in [0.05, 0.1) is 0 Å². The van der Waals surface area contributed by atoms with Crippen molar-refractivity contribution >= 4 is 130 Å². The lowest BCUT2D eigenvalue weighted by Gasteiger charge is -2.18. The molecule has 4 bridgehead atoms. The molecule has 8 rings (SSSR count). The van der Waals surface area contributed by atoms with E-state index in [1.165, 1.54) is 0 Å². The van der Waals surface area contributed by atoms with Crippen molar-refractivity contribution in [1.82, 2.24) is 8.96 Å². The minimum Gasteiger partial charge on any atom is -0.319 e. The maximum atomic E-state index is 7.32. The van der Waals surface area contributed by atoms with Crippen LogP contribution in [0.15, 0.2) is 74.6 Å². The van der Waals surface area contributed by atoms with Gasteiger partial charge in [0, 0.05) is 43.4 Å². The lowest BCUT2D eigenvalue weighted by atomic mass is 10.1. The van der Waals surface area contributed by atoms with Crippen molar-refractivity contribution in [1.29, 1.82) is 0 Å². The molecule has 5 heterocycles. The summed E-state index contributed by atoms with van der Waals surface area (Å²) in [5.74, 6) is 2.87. The molecule has 3 aliphatic heterocycles. The summed E-state index contributed by atoms with van der Waals surface area (Å²) < 4.78 is 7.32. The van der Waals surface area contributed by atoms with Crippen molar-refractivity contribution in [3.8, 4) is 0 Å². The molecule has 0 unspecified atom stereocenters. The highest BCUT2D eigenvalue weighted by atomic mass is 127. The fourth-order valence-corrected chi connectivity index (χ4v) is 7.75. The van der Waals surface area contributed by atoms with Crippen LogP contribution in [-0.4, -0.2) is 27.0 Å². The van der Waals surface area contributed by atoms with Crippen LogP contribution >= 0.6 is 79.2 Å². The molecular weight excluding hydrogens is 799 g/mol. The van der Waals surface area contributed by atoms with E-state index in [2.05, 4.69) is 110 Å². The van der Waals surface area contributed by atoms with Crippen LogP contribution in [0.2, 0.25) is 0 Å². The van der Waals surface area contributed by atoms with Crippen molar-refractivity contribution in [2.45, 2.75) is 0 Å². The molecule has 3 aromatic carbocycles. The molecule has 0 N–H and O–H groups in total. The molecular formula is C24H9BClI3N6. The number of aliphatic imine (C=N–C) groups is 2. The SMILES string of the molecule is ClB1n2c3c4cccc(I)c4c2N=c2c4cccc(I)c4c(n21)=NC1=NC(=N3)c2cccc(I)c21. The van der Waals surface area contributed by atoms with Gasteiger partial charge in [-0.2, -0.15) is 0 Å². The molecule has 11 heteroatoms. The smallest absolute Gasteiger partial charge is 0.319 e. The minimum absolute atomic E-state index is 0.581. The number of rotatable bonds is 0. The lowest BCUT2D eigenvalue weighted by molar-refractivity contribution is 0.938. The number of amidine groups is 2. The first-order valence-corrected chi connectivity index (χ1v) is 14.4. The second-order valence-corrected chi connectivity index (χ2v) is 12.3. The van der Waals surface area contributed by atoms with Gasteiger partial charge in [0.25, 0.3) is 0 Å². The summed E-state index contributed by atoms with van der Waals surface area (Å²) in [5.41, 5.74) is 3.55. The van der Waals surface area contributed by atoms with Crippen molar-refractivity contribution in [3.05, 3.63) is 87.4 Å². The largest absolute Gasteiger partial charge is 0.499 e. The molecule has 166 valence electrons. The minimum atomic E-state index is -0.581. The van der Waals surface area contributed by atoms with Crippen molar-refractivity contribution in [2.75, 3.05) is 0 Å². The summed E-state index contributed by atoms with van der Waals surface area (Å²) in [4.78, 5) is 20.5. The molecule has 0 saturated heterocycles. The second kappa shape index (κ2) is 7.39. The van der Waals surface area contributed by atoms with E-state index in [1.54, 1.807) is 0 Å². The number of hydrogen-bond acceptors (Lipinski definition) is 4. The first-order chi connectivity index (χ1) is 17.0. The molecule has 0 radical (unpaired) electrons. The van der Waals surface area contributed by atoms with E-state index >= 15 is 0 Å². The van der Waals surface area contributed by atoms with Crippen molar-refractivity contribution in [3.63, 3.8) is 0 Å². The van der Waals surface area contributed by atoms with Gasteiger partial charge in [0.15, 0.2) is 11.7 Å². The van der Waals surface area contributed by atoms with Crippen LogP contribution in [0.3, 0.4) is 0 Å². The number of benzene rings is 3. The zero-order valence-corrected chi connectivity index (χ0v) is 24.7. The first kappa shape index (κ1) is 21.3. The average molecular weight is 808 g/mol. The second-order valence-electron chi connectivity index (χ2n) is 8.43. The average Bonchev–Trinajstić information content (AvgIpc) is 3.46. The Morgan fingerprint density at radius 1 is 0.629 bits per heavy atom. The zero-order chi connectivity index (χ0) is 23.6. The van der Waals surface area contributed by atoms with E-state index in [0.717, 1.165) is 66.0 Å². The summed E-state index contributed by atoms with van der Waals surface area (Å²) in [5, 5.41) is 4.11. The Bertz CT molecular complexity index is 2020. The monoisotopic (exact) mass is 808 g/mol. The van der Waals surface area contributed by atoms with Gasteiger partial charge < -0.3 is 8.96 Å². The molecule has 0 amide bonds. The predicted molar refractivity (Wildman–Crippen MR) is 166 cm³/mol. The quantitative estimate of drug-likeness (QED) is 0.141. The number of aromatic nitrogens is 2. The molecule has 0 saturated carbocycles. The van der Waals surface area contributed by atoms with Crippen molar-refractivity contribution in [2.24, 2.45) is 20.0 Å². The van der Waals surface area contributed by atoms with Crippen LogP contribution in [0.5, 0.6) is 0 Å². The van der Waals surface area contributed by atoms with Gasteiger partial charge in [-0.05, 0) is 86.0 Å².